The van der Waals surface area contributed by atoms with Crippen molar-refractivity contribution in [2.75, 3.05) is 0 Å². The highest BCUT2D eigenvalue weighted by Crippen LogP contribution is 2.29. The molecule has 94 valence electrons. The van der Waals surface area contributed by atoms with Gasteiger partial charge in [0.2, 0.25) is 5.89 Å². The molecule has 2 nitrogen and oxygen atoms in total. The van der Waals surface area contributed by atoms with Gasteiger partial charge in [0.15, 0.2) is 5.76 Å². The minimum Gasteiger partial charge on any atom is -0.436 e. The lowest BCUT2D eigenvalue weighted by atomic mass is 10.1. The van der Waals surface area contributed by atoms with Crippen LogP contribution in [-0.4, -0.2) is 4.98 Å². The van der Waals surface area contributed by atoms with Crippen LogP contribution in [0.25, 0.3) is 22.8 Å². The van der Waals surface area contributed by atoms with Crippen molar-refractivity contribution in [1.29, 1.82) is 0 Å². The van der Waals surface area contributed by atoms with E-state index < -0.39 is 0 Å². The summed E-state index contributed by atoms with van der Waals surface area (Å²) in [5.41, 5.74) is 3.19. The number of rotatable bonds is 2. The van der Waals surface area contributed by atoms with E-state index >= 15 is 0 Å². The molecule has 3 rings (SSSR count). The molecule has 1 aromatic heterocycles. The third kappa shape index (κ3) is 2.47. The average molecular weight is 314 g/mol. The van der Waals surface area contributed by atoms with Crippen LogP contribution >= 0.6 is 15.9 Å². The van der Waals surface area contributed by atoms with E-state index in [1.54, 1.807) is 6.20 Å². The zero-order chi connectivity index (χ0) is 13.2. The largest absolute Gasteiger partial charge is 0.436 e. The maximum absolute atomic E-state index is 5.85. The maximum atomic E-state index is 5.85. The molecule has 0 spiro atoms. The number of hydrogen-bond acceptors (Lipinski definition) is 2. The SMILES string of the molecule is Cc1cc(Br)ccc1-c1ncc(-c2ccccc2)o1. The summed E-state index contributed by atoms with van der Waals surface area (Å²) in [7, 11) is 0. The van der Waals surface area contributed by atoms with Gasteiger partial charge in [-0.25, -0.2) is 4.98 Å². The number of aryl methyl sites for hydroxylation is 1. The normalized spacial score (nSPS) is 10.6. The predicted molar refractivity (Wildman–Crippen MR) is 79.8 cm³/mol. The number of aromatic nitrogens is 1. The van der Waals surface area contributed by atoms with Gasteiger partial charge in [-0.2, -0.15) is 0 Å². The molecule has 19 heavy (non-hydrogen) atoms. The van der Waals surface area contributed by atoms with Crippen LogP contribution in [-0.2, 0) is 0 Å². The third-order valence-corrected chi connectivity index (χ3v) is 3.48. The number of halogens is 1. The molecular formula is C16H12BrNO. The number of hydrogen-bond donors (Lipinski definition) is 0. The van der Waals surface area contributed by atoms with Crippen molar-refractivity contribution in [3.63, 3.8) is 0 Å². The quantitative estimate of drug-likeness (QED) is 0.659. The summed E-state index contributed by atoms with van der Waals surface area (Å²) < 4.78 is 6.91. The lowest BCUT2D eigenvalue weighted by molar-refractivity contribution is 0.588. The second-order valence-corrected chi connectivity index (χ2v) is 5.27. The van der Waals surface area contributed by atoms with E-state index in [0.29, 0.717) is 5.89 Å². The Hall–Kier alpha value is -1.87. The summed E-state index contributed by atoms with van der Waals surface area (Å²) in [6, 6.07) is 16.1. The predicted octanol–water partition coefficient (Wildman–Crippen LogP) is 5.08. The summed E-state index contributed by atoms with van der Waals surface area (Å²) >= 11 is 3.46. The molecule has 2 aromatic carbocycles. The van der Waals surface area contributed by atoms with Crippen molar-refractivity contribution in [3.8, 4) is 22.8 Å². The number of oxazole rings is 1. The smallest absolute Gasteiger partial charge is 0.226 e. The number of nitrogens with zero attached hydrogens (tertiary/aromatic N) is 1. The Morgan fingerprint density at radius 1 is 1.05 bits per heavy atom. The summed E-state index contributed by atoms with van der Waals surface area (Å²) in [6.45, 7) is 2.05. The molecule has 0 aliphatic carbocycles. The van der Waals surface area contributed by atoms with Crippen LogP contribution in [0.3, 0.4) is 0 Å². The van der Waals surface area contributed by atoms with Crippen LogP contribution in [0.1, 0.15) is 5.56 Å². The molecule has 0 radical (unpaired) electrons. The molecule has 0 atom stereocenters. The molecule has 0 amide bonds. The fraction of sp³-hybridized carbons (Fsp3) is 0.0625. The Morgan fingerprint density at radius 3 is 2.58 bits per heavy atom. The second-order valence-electron chi connectivity index (χ2n) is 4.35. The number of benzene rings is 2. The molecule has 0 saturated carbocycles. The van der Waals surface area contributed by atoms with Gasteiger partial charge in [0, 0.05) is 15.6 Å². The summed E-state index contributed by atoms with van der Waals surface area (Å²) in [6.07, 6.45) is 1.77. The van der Waals surface area contributed by atoms with E-state index in [1.165, 1.54) is 0 Å². The van der Waals surface area contributed by atoms with Crippen molar-refractivity contribution in [2.24, 2.45) is 0 Å². The van der Waals surface area contributed by atoms with Gasteiger partial charge in [-0.15, -0.1) is 0 Å². The van der Waals surface area contributed by atoms with Crippen LogP contribution in [0.4, 0.5) is 0 Å². The van der Waals surface area contributed by atoms with Gasteiger partial charge in [-0.3, -0.25) is 0 Å². The van der Waals surface area contributed by atoms with Gasteiger partial charge in [-0.1, -0.05) is 46.3 Å². The molecule has 3 heteroatoms. The van der Waals surface area contributed by atoms with E-state index in [2.05, 4.69) is 27.0 Å². The highest BCUT2D eigenvalue weighted by atomic mass is 79.9. The van der Waals surface area contributed by atoms with Crippen molar-refractivity contribution < 1.29 is 4.42 Å². The fourth-order valence-electron chi connectivity index (χ4n) is 2.00. The van der Waals surface area contributed by atoms with E-state index in [0.717, 1.165) is 26.9 Å². The third-order valence-electron chi connectivity index (χ3n) is 2.98. The summed E-state index contributed by atoms with van der Waals surface area (Å²) in [5, 5.41) is 0. The maximum Gasteiger partial charge on any atom is 0.226 e. The zero-order valence-electron chi connectivity index (χ0n) is 10.4. The van der Waals surface area contributed by atoms with Crippen molar-refractivity contribution >= 4 is 15.9 Å². The average Bonchev–Trinajstić information content (AvgIpc) is 2.89. The standard InChI is InChI=1S/C16H12BrNO/c1-11-9-13(17)7-8-14(11)16-18-10-15(19-16)12-5-3-2-4-6-12/h2-10H,1H3. The molecule has 0 bridgehead atoms. The second kappa shape index (κ2) is 5.02. The Morgan fingerprint density at radius 2 is 1.84 bits per heavy atom. The Labute approximate surface area is 120 Å². The van der Waals surface area contributed by atoms with Gasteiger partial charge >= 0.3 is 0 Å². The lowest BCUT2D eigenvalue weighted by Gasteiger charge is -2.01. The first-order valence-corrected chi connectivity index (χ1v) is 6.81. The van der Waals surface area contributed by atoms with E-state index in [9.17, 15) is 0 Å². The van der Waals surface area contributed by atoms with E-state index in [4.69, 9.17) is 4.42 Å². The zero-order valence-corrected chi connectivity index (χ0v) is 12.0. The van der Waals surface area contributed by atoms with Gasteiger partial charge in [0.1, 0.15) is 0 Å². The fourth-order valence-corrected chi connectivity index (χ4v) is 2.48. The van der Waals surface area contributed by atoms with Gasteiger partial charge in [0.05, 0.1) is 6.20 Å². The molecule has 0 N–H and O–H groups in total. The van der Waals surface area contributed by atoms with E-state index in [1.807, 2.05) is 49.4 Å². The van der Waals surface area contributed by atoms with E-state index in [-0.39, 0.29) is 0 Å². The van der Waals surface area contributed by atoms with Gasteiger partial charge in [0.25, 0.3) is 0 Å². The van der Waals surface area contributed by atoms with Crippen LogP contribution in [0, 0.1) is 6.92 Å². The van der Waals surface area contributed by atoms with Crippen molar-refractivity contribution in [3.05, 3.63) is 64.8 Å². The minimum atomic E-state index is 0.656. The molecule has 3 aromatic rings. The summed E-state index contributed by atoms with van der Waals surface area (Å²) in [5.74, 6) is 1.45. The first kappa shape index (κ1) is 12.2. The van der Waals surface area contributed by atoms with Gasteiger partial charge < -0.3 is 4.42 Å². The molecule has 0 fully saturated rings. The first-order valence-electron chi connectivity index (χ1n) is 6.02. The highest BCUT2D eigenvalue weighted by molar-refractivity contribution is 9.10. The van der Waals surface area contributed by atoms with Crippen LogP contribution < -0.4 is 0 Å². The van der Waals surface area contributed by atoms with Crippen LogP contribution in [0.5, 0.6) is 0 Å². The highest BCUT2D eigenvalue weighted by Gasteiger charge is 2.10. The first-order chi connectivity index (χ1) is 9.24. The molecule has 0 aliphatic rings. The minimum absolute atomic E-state index is 0.656. The summed E-state index contributed by atoms with van der Waals surface area (Å²) in [4.78, 5) is 4.37. The van der Waals surface area contributed by atoms with Crippen molar-refractivity contribution in [1.82, 2.24) is 4.98 Å². The Bertz CT molecular complexity index is 704. The molecular weight excluding hydrogens is 302 g/mol. The molecule has 0 aliphatic heterocycles. The van der Waals surface area contributed by atoms with Crippen LogP contribution in [0.2, 0.25) is 0 Å². The van der Waals surface area contributed by atoms with Crippen molar-refractivity contribution in [2.45, 2.75) is 6.92 Å². The Balaban J connectivity index is 2.02. The Kier molecular flexibility index (Phi) is 3.22. The van der Waals surface area contributed by atoms with Gasteiger partial charge in [-0.05, 0) is 30.7 Å². The topological polar surface area (TPSA) is 26.0 Å². The molecule has 0 unspecified atom stereocenters. The molecule has 1 heterocycles. The lowest BCUT2D eigenvalue weighted by Crippen LogP contribution is -1.82. The van der Waals surface area contributed by atoms with Crippen LogP contribution in [0.15, 0.2) is 63.6 Å². The molecule has 0 saturated heterocycles. The monoisotopic (exact) mass is 313 g/mol.